The summed E-state index contributed by atoms with van der Waals surface area (Å²) in [4.78, 5) is 0. The Morgan fingerprint density at radius 3 is 2.67 bits per heavy atom. The first-order valence-electron chi connectivity index (χ1n) is 7.15. The third-order valence-electron chi connectivity index (χ3n) is 3.27. The molecule has 0 saturated carbocycles. The molecular formula is C16H14Cl2N4OS. The molecule has 0 radical (unpaired) electrons. The van der Waals surface area contributed by atoms with Crippen molar-refractivity contribution in [2.75, 3.05) is 5.32 Å². The van der Waals surface area contributed by atoms with Crippen LogP contribution < -0.4 is 10.6 Å². The van der Waals surface area contributed by atoms with Gasteiger partial charge in [0.15, 0.2) is 10.9 Å². The van der Waals surface area contributed by atoms with Crippen LogP contribution in [0.4, 0.5) is 5.82 Å². The van der Waals surface area contributed by atoms with Crippen LogP contribution in [0, 0.1) is 0 Å². The SMILES string of the molecule is S=C(NCc1ccco1)Nc1ccn(Cc2c(Cl)cccc2Cl)n1. The summed E-state index contributed by atoms with van der Waals surface area (Å²) in [5.74, 6) is 1.44. The Hall–Kier alpha value is -2.02. The zero-order valence-electron chi connectivity index (χ0n) is 12.5. The van der Waals surface area contributed by atoms with E-state index in [0.29, 0.717) is 34.1 Å². The summed E-state index contributed by atoms with van der Waals surface area (Å²) in [5.41, 5.74) is 0.828. The Balaban J connectivity index is 1.58. The summed E-state index contributed by atoms with van der Waals surface area (Å²) in [7, 11) is 0. The maximum atomic E-state index is 6.18. The number of thiocarbonyl (C=S) groups is 1. The first-order chi connectivity index (χ1) is 11.6. The largest absolute Gasteiger partial charge is 0.467 e. The fourth-order valence-electron chi connectivity index (χ4n) is 2.10. The number of nitrogens with zero attached hydrogens (tertiary/aromatic N) is 2. The van der Waals surface area contributed by atoms with E-state index in [4.69, 9.17) is 39.8 Å². The number of anilines is 1. The van der Waals surface area contributed by atoms with Crippen LogP contribution in [0.15, 0.2) is 53.3 Å². The van der Waals surface area contributed by atoms with E-state index in [1.165, 1.54) is 0 Å². The molecule has 2 N–H and O–H groups in total. The first kappa shape index (κ1) is 16.8. The molecule has 0 aliphatic carbocycles. The predicted octanol–water partition coefficient (Wildman–Crippen LogP) is 4.32. The zero-order chi connectivity index (χ0) is 16.9. The minimum Gasteiger partial charge on any atom is -0.467 e. The van der Waals surface area contributed by atoms with E-state index in [0.717, 1.165) is 11.3 Å². The molecule has 0 spiro atoms. The highest BCUT2D eigenvalue weighted by Crippen LogP contribution is 2.25. The second-order valence-electron chi connectivity index (χ2n) is 4.99. The van der Waals surface area contributed by atoms with Crippen LogP contribution in [0.5, 0.6) is 0 Å². The summed E-state index contributed by atoms with van der Waals surface area (Å²) in [6, 6.07) is 10.9. The lowest BCUT2D eigenvalue weighted by molar-refractivity contribution is 0.503. The van der Waals surface area contributed by atoms with Gasteiger partial charge in [-0.05, 0) is 36.5 Å². The monoisotopic (exact) mass is 380 g/mol. The van der Waals surface area contributed by atoms with Gasteiger partial charge in [0.25, 0.3) is 0 Å². The van der Waals surface area contributed by atoms with Crippen molar-refractivity contribution in [1.82, 2.24) is 15.1 Å². The van der Waals surface area contributed by atoms with E-state index >= 15 is 0 Å². The number of hydrogen-bond donors (Lipinski definition) is 2. The summed E-state index contributed by atoms with van der Waals surface area (Å²) in [5, 5.41) is 12.2. The number of aromatic nitrogens is 2. The van der Waals surface area contributed by atoms with Crippen LogP contribution in [-0.4, -0.2) is 14.9 Å². The maximum absolute atomic E-state index is 6.18. The number of furan rings is 1. The Bertz CT molecular complexity index is 812. The highest BCUT2D eigenvalue weighted by Gasteiger charge is 2.08. The molecule has 3 aromatic rings. The third kappa shape index (κ3) is 4.29. The fourth-order valence-corrected chi connectivity index (χ4v) is 2.80. The molecule has 24 heavy (non-hydrogen) atoms. The van der Waals surface area contributed by atoms with Crippen LogP contribution in [0.3, 0.4) is 0 Å². The van der Waals surface area contributed by atoms with Crippen LogP contribution in [0.25, 0.3) is 0 Å². The van der Waals surface area contributed by atoms with E-state index in [1.54, 1.807) is 23.1 Å². The molecule has 8 heteroatoms. The third-order valence-corrected chi connectivity index (χ3v) is 4.22. The molecule has 3 rings (SSSR count). The molecule has 0 atom stereocenters. The standard InChI is InChI=1S/C16H14Cl2N4OS/c17-13-4-1-5-14(18)12(13)10-22-7-6-15(21-22)20-16(24)19-9-11-3-2-8-23-11/h1-8H,9-10H2,(H2,19,20,21,24). The van der Waals surface area contributed by atoms with Crippen LogP contribution in [0.1, 0.15) is 11.3 Å². The lowest BCUT2D eigenvalue weighted by Gasteiger charge is -2.08. The molecule has 0 aliphatic heterocycles. The molecule has 0 bridgehead atoms. The van der Waals surface area contributed by atoms with E-state index in [9.17, 15) is 0 Å². The number of rotatable bonds is 5. The molecule has 0 amide bonds. The van der Waals surface area contributed by atoms with E-state index < -0.39 is 0 Å². The number of benzene rings is 1. The van der Waals surface area contributed by atoms with Gasteiger partial charge in [-0.2, -0.15) is 5.10 Å². The van der Waals surface area contributed by atoms with Crippen LogP contribution >= 0.6 is 35.4 Å². The van der Waals surface area contributed by atoms with Crippen molar-refractivity contribution in [2.24, 2.45) is 0 Å². The topological polar surface area (TPSA) is 55.0 Å². The van der Waals surface area contributed by atoms with E-state index in [2.05, 4.69) is 15.7 Å². The average Bonchev–Trinajstić information content (AvgIpc) is 3.21. The van der Waals surface area contributed by atoms with Gasteiger partial charge in [-0.1, -0.05) is 29.3 Å². The van der Waals surface area contributed by atoms with Gasteiger partial charge >= 0.3 is 0 Å². The van der Waals surface area contributed by atoms with Crippen LogP contribution in [0.2, 0.25) is 10.0 Å². The Labute approximate surface area is 154 Å². The van der Waals surface area contributed by atoms with Crippen molar-refractivity contribution in [3.8, 4) is 0 Å². The summed E-state index contributed by atoms with van der Waals surface area (Å²) < 4.78 is 6.97. The van der Waals surface area contributed by atoms with Crippen molar-refractivity contribution in [3.05, 3.63) is 70.2 Å². The fraction of sp³-hybridized carbons (Fsp3) is 0.125. The lowest BCUT2D eigenvalue weighted by Crippen LogP contribution is -2.28. The van der Waals surface area contributed by atoms with Gasteiger partial charge in [0, 0.05) is 27.9 Å². The molecule has 0 saturated heterocycles. The van der Waals surface area contributed by atoms with Gasteiger partial charge in [0.1, 0.15) is 5.76 Å². The van der Waals surface area contributed by atoms with Gasteiger partial charge in [-0.3, -0.25) is 4.68 Å². The summed E-state index contributed by atoms with van der Waals surface area (Å²) in [6.45, 7) is 0.988. The molecule has 1 aromatic carbocycles. The molecule has 2 heterocycles. The number of hydrogen-bond acceptors (Lipinski definition) is 3. The molecule has 0 unspecified atom stereocenters. The van der Waals surface area contributed by atoms with E-state index in [1.807, 2.05) is 30.5 Å². The molecule has 0 aliphatic rings. The Morgan fingerprint density at radius 2 is 1.96 bits per heavy atom. The van der Waals surface area contributed by atoms with Crippen molar-refractivity contribution in [1.29, 1.82) is 0 Å². The van der Waals surface area contributed by atoms with Crippen LogP contribution in [-0.2, 0) is 13.1 Å². The zero-order valence-corrected chi connectivity index (χ0v) is 14.8. The highest BCUT2D eigenvalue weighted by atomic mass is 35.5. The minimum absolute atomic E-state index is 0.465. The maximum Gasteiger partial charge on any atom is 0.172 e. The van der Waals surface area contributed by atoms with Gasteiger partial charge in [-0.25, -0.2) is 0 Å². The average molecular weight is 381 g/mol. The normalized spacial score (nSPS) is 10.6. The lowest BCUT2D eigenvalue weighted by atomic mass is 10.2. The van der Waals surface area contributed by atoms with Crippen molar-refractivity contribution in [3.63, 3.8) is 0 Å². The predicted molar refractivity (Wildman–Crippen MR) is 99.6 cm³/mol. The molecule has 124 valence electrons. The van der Waals surface area contributed by atoms with E-state index in [-0.39, 0.29) is 0 Å². The minimum atomic E-state index is 0.465. The van der Waals surface area contributed by atoms with Gasteiger partial charge in [-0.15, -0.1) is 0 Å². The molecule has 2 aromatic heterocycles. The van der Waals surface area contributed by atoms with Gasteiger partial charge < -0.3 is 15.1 Å². The number of nitrogens with one attached hydrogen (secondary N) is 2. The van der Waals surface area contributed by atoms with Crippen molar-refractivity contribution in [2.45, 2.75) is 13.1 Å². The first-order valence-corrected chi connectivity index (χ1v) is 8.32. The highest BCUT2D eigenvalue weighted by molar-refractivity contribution is 7.80. The summed E-state index contributed by atoms with van der Waals surface area (Å²) >= 11 is 17.6. The van der Waals surface area contributed by atoms with Crippen molar-refractivity contribution >= 4 is 46.4 Å². The molecular weight excluding hydrogens is 367 g/mol. The van der Waals surface area contributed by atoms with Gasteiger partial charge in [0.2, 0.25) is 0 Å². The molecule has 5 nitrogen and oxygen atoms in total. The quantitative estimate of drug-likeness (QED) is 0.645. The Morgan fingerprint density at radius 1 is 1.17 bits per heavy atom. The number of halogens is 2. The second kappa shape index (κ2) is 7.70. The van der Waals surface area contributed by atoms with Gasteiger partial charge in [0.05, 0.1) is 19.4 Å². The smallest absolute Gasteiger partial charge is 0.172 e. The molecule has 0 fully saturated rings. The Kier molecular flexibility index (Phi) is 5.40. The van der Waals surface area contributed by atoms with Crippen molar-refractivity contribution < 1.29 is 4.42 Å². The summed E-state index contributed by atoms with van der Waals surface area (Å²) in [6.07, 6.45) is 3.45. The second-order valence-corrected chi connectivity index (χ2v) is 6.21.